The number of amides is 1. The zero-order chi connectivity index (χ0) is 12.8. The lowest BCUT2D eigenvalue weighted by Gasteiger charge is -2.22. The van der Waals surface area contributed by atoms with Crippen LogP contribution in [0.3, 0.4) is 0 Å². The fourth-order valence-corrected chi connectivity index (χ4v) is 2.00. The Balaban J connectivity index is 2.47. The molecule has 0 saturated carbocycles. The number of likely N-dealkylation sites (N-methyl/N-ethyl adjacent to an activating group) is 1. The van der Waals surface area contributed by atoms with Crippen LogP contribution in [0.1, 0.15) is 13.3 Å². The van der Waals surface area contributed by atoms with Crippen LogP contribution in [0.2, 0.25) is 0 Å². The summed E-state index contributed by atoms with van der Waals surface area (Å²) in [5, 5.41) is 13.8. The first kappa shape index (κ1) is 13.6. The first-order valence-electron chi connectivity index (χ1n) is 5.17. The van der Waals surface area contributed by atoms with E-state index in [0.717, 1.165) is 0 Å². The summed E-state index contributed by atoms with van der Waals surface area (Å²) in [6, 6.07) is -0.642. The van der Waals surface area contributed by atoms with Crippen LogP contribution >= 0.6 is 11.3 Å². The molecule has 2 N–H and O–H groups in total. The first-order chi connectivity index (χ1) is 8.04. The minimum Gasteiger partial charge on any atom is -0.480 e. The van der Waals surface area contributed by atoms with Crippen LogP contribution in [-0.2, 0) is 9.59 Å². The van der Waals surface area contributed by atoms with Crippen molar-refractivity contribution < 1.29 is 14.7 Å². The summed E-state index contributed by atoms with van der Waals surface area (Å²) < 4.78 is 0. The third-order valence-electron chi connectivity index (χ3n) is 2.28. The third kappa shape index (κ3) is 4.12. The fraction of sp³-hybridized carbons (Fsp3) is 0.500. The van der Waals surface area contributed by atoms with E-state index in [4.69, 9.17) is 5.11 Å². The molecule has 6 nitrogen and oxygen atoms in total. The molecule has 0 bridgehead atoms. The van der Waals surface area contributed by atoms with E-state index in [-0.39, 0.29) is 12.5 Å². The summed E-state index contributed by atoms with van der Waals surface area (Å²) >= 11 is 1.32. The van der Waals surface area contributed by atoms with Crippen LogP contribution in [0, 0.1) is 0 Å². The Morgan fingerprint density at radius 2 is 2.35 bits per heavy atom. The summed E-state index contributed by atoms with van der Waals surface area (Å²) in [5.74, 6) is -1.18. The molecule has 1 atom stereocenters. The van der Waals surface area contributed by atoms with Gasteiger partial charge in [0.2, 0.25) is 5.91 Å². The molecule has 1 unspecified atom stereocenters. The molecular formula is C10H15N3O3S. The molecule has 0 spiro atoms. The SMILES string of the molecule is CCC(C(=O)O)N(C)CC(=O)Nc1nccs1. The number of carbonyl (C=O) groups excluding carboxylic acids is 1. The van der Waals surface area contributed by atoms with E-state index in [9.17, 15) is 9.59 Å². The maximum atomic E-state index is 11.6. The number of nitrogens with one attached hydrogen (secondary N) is 1. The van der Waals surface area contributed by atoms with E-state index in [1.54, 1.807) is 25.5 Å². The van der Waals surface area contributed by atoms with Crippen LogP contribution in [0.25, 0.3) is 0 Å². The fourth-order valence-electron chi connectivity index (χ4n) is 1.46. The van der Waals surface area contributed by atoms with Crippen LogP contribution in [0.15, 0.2) is 11.6 Å². The number of anilines is 1. The zero-order valence-electron chi connectivity index (χ0n) is 9.71. The maximum Gasteiger partial charge on any atom is 0.320 e. The zero-order valence-corrected chi connectivity index (χ0v) is 10.5. The van der Waals surface area contributed by atoms with E-state index in [0.29, 0.717) is 11.6 Å². The molecule has 0 fully saturated rings. The molecule has 17 heavy (non-hydrogen) atoms. The van der Waals surface area contributed by atoms with E-state index >= 15 is 0 Å². The molecule has 1 rings (SSSR count). The van der Waals surface area contributed by atoms with E-state index in [1.165, 1.54) is 16.2 Å². The molecular weight excluding hydrogens is 242 g/mol. The second-order valence-electron chi connectivity index (χ2n) is 3.56. The lowest BCUT2D eigenvalue weighted by Crippen LogP contribution is -2.42. The largest absolute Gasteiger partial charge is 0.480 e. The highest BCUT2D eigenvalue weighted by molar-refractivity contribution is 7.13. The van der Waals surface area contributed by atoms with Crippen LogP contribution in [0.5, 0.6) is 0 Å². The Kier molecular flexibility index (Phi) is 5.05. The average molecular weight is 257 g/mol. The predicted molar refractivity (Wildman–Crippen MR) is 65.1 cm³/mol. The van der Waals surface area contributed by atoms with Crippen molar-refractivity contribution in [3.8, 4) is 0 Å². The second kappa shape index (κ2) is 6.31. The quantitative estimate of drug-likeness (QED) is 0.790. The summed E-state index contributed by atoms with van der Waals surface area (Å²) in [6.07, 6.45) is 2.05. The van der Waals surface area contributed by atoms with Crippen molar-refractivity contribution in [1.82, 2.24) is 9.88 Å². The van der Waals surface area contributed by atoms with Crippen molar-refractivity contribution in [3.05, 3.63) is 11.6 Å². The van der Waals surface area contributed by atoms with Crippen LogP contribution < -0.4 is 5.32 Å². The van der Waals surface area contributed by atoms with Gasteiger partial charge in [-0.05, 0) is 13.5 Å². The Bertz CT molecular complexity index is 380. The third-order valence-corrected chi connectivity index (χ3v) is 2.96. The van der Waals surface area contributed by atoms with Gasteiger partial charge in [0.1, 0.15) is 6.04 Å². The average Bonchev–Trinajstić information content (AvgIpc) is 2.70. The monoisotopic (exact) mass is 257 g/mol. The van der Waals surface area contributed by atoms with Gasteiger partial charge in [0.25, 0.3) is 0 Å². The molecule has 1 aromatic rings. The number of carbonyl (C=O) groups is 2. The smallest absolute Gasteiger partial charge is 0.320 e. The summed E-state index contributed by atoms with van der Waals surface area (Å²) in [5.41, 5.74) is 0. The highest BCUT2D eigenvalue weighted by Crippen LogP contribution is 2.10. The van der Waals surface area contributed by atoms with Gasteiger partial charge in [0, 0.05) is 11.6 Å². The number of carboxylic acids is 1. The molecule has 0 radical (unpaired) electrons. The number of hydrogen-bond acceptors (Lipinski definition) is 5. The standard InChI is InChI=1S/C10H15N3O3S/c1-3-7(9(15)16)13(2)6-8(14)12-10-11-4-5-17-10/h4-5,7H,3,6H2,1-2H3,(H,15,16)(H,11,12,14). The number of thiazole rings is 1. The van der Waals surface area contributed by atoms with Crippen molar-refractivity contribution in [2.24, 2.45) is 0 Å². The normalized spacial score (nSPS) is 12.4. The van der Waals surface area contributed by atoms with Crippen molar-refractivity contribution in [3.63, 3.8) is 0 Å². The number of aromatic nitrogens is 1. The molecule has 1 aromatic heterocycles. The van der Waals surface area contributed by atoms with Crippen LogP contribution in [0.4, 0.5) is 5.13 Å². The van der Waals surface area contributed by atoms with Gasteiger partial charge in [-0.3, -0.25) is 14.5 Å². The molecule has 7 heteroatoms. The number of aliphatic carboxylic acids is 1. The minimum absolute atomic E-state index is 0.0321. The van der Waals surface area contributed by atoms with Gasteiger partial charge in [-0.2, -0.15) is 0 Å². The van der Waals surface area contributed by atoms with E-state index < -0.39 is 12.0 Å². The van der Waals surface area contributed by atoms with Gasteiger partial charge >= 0.3 is 5.97 Å². The number of nitrogens with zero attached hydrogens (tertiary/aromatic N) is 2. The number of rotatable bonds is 6. The van der Waals surface area contributed by atoms with Crippen LogP contribution in [-0.4, -0.2) is 46.5 Å². The number of hydrogen-bond donors (Lipinski definition) is 2. The Labute approximate surface area is 103 Å². The molecule has 0 aliphatic heterocycles. The Morgan fingerprint density at radius 1 is 1.65 bits per heavy atom. The Hall–Kier alpha value is -1.47. The van der Waals surface area contributed by atoms with E-state index in [1.807, 2.05) is 0 Å². The Morgan fingerprint density at radius 3 is 2.82 bits per heavy atom. The van der Waals surface area contributed by atoms with Crippen molar-refractivity contribution in [2.75, 3.05) is 18.9 Å². The minimum atomic E-state index is -0.919. The second-order valence-corrected chi connectivity index (χ2v) is 4.46. The summed E-state index contributed by atoms with van der Waals surface area (Å²) in [6.45, 7) is 1.80. The van der Waals surface area contributed by atoms with Crippen molar-refractivity contribution in [1.29, 1.82) is 0 Å². The van der Waals surface area contributed by atoms with Gasteiger partial charge in [-0.1, -0.05) is 6.92 Å². The maximum absolute atomic E-state index is 11.6. The molecule has 94 valence electrons. The highest BCUT2D eigenvalue weighted by atomic mass is 32.1. The highest BCUT2D eigenvalue weighted by Gasteiger charge is 2.22. The summed E-state index contributed by atoms with van der Waals surface area (Å²) in [7, 11) is 1.61. The van der Waals surface area contributed by atoms with Crippen molar-refractivity contribution >= 4 is 28.3 Å². The molecule has 0 aliphatic rings. The number of carboxylic acid groups (broad SMARTS) is 1. The van der Waals surface area contributed by atoms with Gasteiger partial charge in [0.15, 0.2) is 5.13 Å². The van der Waals surface area contributed by atoms with E-state index in [2.05, 4.69) is 10.3 Å². The molecule has 0 saturated heterocycles. The molecule has 1 amide bonds. The molecule has 0 aromatic carbocycles. The molecule has 1 heterocycles. The van der Waals surface area contributed by atoms with Gasteiger partial charge in [0.05, 0.1) is 6.54 Å². The predicted octanol–water partition coefficient (Wildman–Crippen LogP) is 0.877. The topological polar surface area (TPSA) is 82.5 Å². The lowest BCUT2D eigenvalue weighted by molar-refractivity contribution is -0.143. The lowest BCUT2D eigenvalue weighted by atomic mass is 10.2. The van der Waals surface area contributed by atoms with Crippen molar-refractivity contribution in [2.45, 2.75) is 19.4 Å². The summed E-state index contributed by atoms with van der Waals surface area (Å²) in [4.78, 5) is 27.9. The molecule has 0 aliphatic carbocycles. The van der Waals surface area contributed by atoms with Gasteiger partial charge in [-0.25, -0.2) is 4.98 Å². The first-order valence-corrected chi connectivity index (χ1v) is 6.05. The van der Waals surface area contributed by atoms with Gasteiger partial charge < -0.3 is 10.4 Å². The van der Waals surface area contributed by atoms with Gasteiger partial charge in [-0.15, -0.1) is 11.3 Å².